The van der Waals surface area contributed by atoms with E-state index in [1.807, 2.05) is 0 Å². The standard InChI is InChI=1S/C13H19N/c1-4-13(5-2)9-14-12-7-6-10(3)8-11(12)13/h6-8,14H,4-5,9H2,1-3H3. The van der Waals surface area contributed by atoms with Gasteiger partial charge in [0.15, 0.2) is 0 Å². The molecule has 14 heavy (non-hydrogen) atoms. The van der Waals surface area contributed by atoms with Gasteiger partial charge in [0.25, 0.3) is 0 Å². The highest BCUT2D eigenvalue weighted by atomic mass is 14.9. The molecule has 76 valence electrons. The van der Waals surface area contributed by atoms with Crippen LogP contribution in [0.2, 0.25) is 0 Å². The summed E-state index contributed by atoms with van der Waals surface area (Å²) in [5.41, 5.74) is 4.64. The van der Waals surface area contributed by atoms with Crippen molar-refractivity contribution in [1.29, 1.82) is 0 Å². The molecule has 0 aliphatic carbocycles. The SMILES string of the molecule is CCC1(CC)CNc2ccc(C)cc21. The van der Waals surface area contributed by atoms with Gasteiger partial charge in [-0.25, -0.2) is 0 Å². The lowest BCUT2D eigenvalue weighted by molar-refractivity contribution is 0.437. The van der Waals surface area contributed by atoms with Crippen LogP contribution in [0.25, 0.3) is 0 Å². The van der Waals surface area contributed by atoms with E-state index < -0.39 is 0 Å². The summed E-state index contributed by atoms with van der Waals surface area (Å²) in [7, 11) is 0. The molecule has 1 aliphatic rings. The van der Waals surface area contributed by atoms with Crippen LogP contribution in [-0.4, -0.2) is 6.54 Å². The Labute approximate surface area is 86.5 Å². The first-order chi connectivity index (χ1) is 6.72. The fourth-order valence-corrected chi connectivity index (χ4v) is 2.49. The minimum absolute atomic E-state index is 0.390. The highest BCUT2D eigenvalue weighted by Gasteiger charge is 2.35. The molecule has 1 nitrogen and oxygen atoms in total. The van der Waals surface area contributed by atoms with Gasteiger partial charge >= 0.3 is 0 Å². The van der Waals surface area contributed by atoms with Crippen LogP contribution in [-0.2, 0) is 5.41 Å². The third kappa shape index (κ3) is 1.23. The normalized spacial score (nSPS) is 17.6. The summed E-state index contributed by atoms with van der Waals surface area (Å²) in [6.45, 7) is 7.87. The summed E-state index contributed by atoms with van der Waals surface area (Å²) in [5.74, 6) is 0. The lowest BCUT2D eigenvalue weighted by Gasteiger charge is -2.26. The molecule has 0 atom stereocenters. The maximum atomic E-state index is 3.52. The summed E-state index contributed by atoms with van der Waals surface area (Å²) in [4.78, 5) is 0. The van der Waals surface area contributed by atoms with Crippen LogP contribution in [0.4, 0.5) is 5.69 Å². The number of aryl methyl sites for hydroxylation is 1. The largest absolute Gasteiger partial charge is 0.384 e. The summed E-state index contributed by atoms with van der Waals surface area (Å²) in [6.07, 6.45) is 2.46. The molecule has 0 spiro atoms. The van der Waals surface area contributed by atoms with Gasteiger partial charge in [-0.05, 0) is 31.4 Å². The molecule has 1 aliphatic heterocycles. The van der Waals surface area contributed by atoms with Crippen molar-refractivity contribution in [3.05, 3.63) is 29.3 Å². The van der Waals surface area contributed by atoms with E-state index in [1.165, 1.54) is 29.7 Å². The van der Waals surface area contributed by atoms with Crippen molar-refractivity contribution in [2.45, 2.75) is 39.0 Å². The third-order valence-corrected chi connectivity index (χ3v) is 3.72. The Morgan fingerprint density at radius 3 is 2.64 bits per heavy atom. The fourth-order valence-electron chi connectivity index (χ4n) is 2.49. The van der Waals surface area contributed by atoms with Gasteiger partial charge in [-0.3, -0.25) is 0 Å². The monoisotopic (exact) mass is 189 g/mol. The Bertz CT molecular complexity index is 337. The van der Waals surface area contributed by atoms with Crippen molar-refractivity contribution >= 4 is 5.69 Å². The number of rotatable bonds is 2. The second kappa shape index (κ2) is 3.30. The van der Waals surface area contributed by atoms with Gasteiger partial charge in [0, 0.05) is 17.6 Å². The van der Waals surface area contributed by atoms with Crippen LogP contribution in [0.3, 0.4) is 0 Å². The van der Waals surface area contributed by atoms with Crippen molar-refractivity contribution in [3.8, 4) is 0 Å². The van der Waals surface area contributed by atoms with Gasteiger partial charge in [0.05, 0.1) is 0 Å². The van der Waals surface area contributed by atoms with Gasteiger partial charge in [0.1, 0.15) is 0 Å². The van der Waals surface area contributed by atoms with Crippen molar-refractivity contribution < 1.29 is 0 Å². The van der Waals surface area contributed by atoms with E-state index in [1.54, 1.807) is 0 Å². The minimum Gasteiger partial charge on any atom is -0.384 e. The van der Waals surface area contributed by atoms with Gasteiger partial charge in [-0.15, -0.1) is 0 Å². The fraction of sp³-hybridized carbons (Fsp3) is 0.538. The molecule has 1 aromatic carbocycles. The molecule has 0 amide bonds. The smallest absolute Gasteiger partial charge is 0.0379 e. The van der Waals surface area contributed by atoms with Crippen LogP contribution in [0.5, 0.6) is 0 Å². The van der Waals surface area contributed by atoms with Crippen LogP contribution >= 0.6 is 0 Å². The number of fused-ring (bicyclic) bond motifs is 1. The molecule has 1 heteroatoms. The quantitative estimate of drug-likeness (QED) is 0.751. The van der Waals surface area contributed by atoms with Gasteiger partial charge in [0.2, 0.25) is 0 Å². The van der Waals surface area contributed by atoms with E-state index in [9.17, 15) is 0 Å². The van der Waals surface area contributed by atoms with Crippen molar-refractivity contribution in [2.24, 2.45) is 0 Å². The highest BCUT2D eigenvalue weighted by molar-refractivity contribution is 5.61. The zero-order valence-electron chi connectivity index (χ0n) is 9.35. The Kier molecular flexibility index (Phi) is 2.26. The summed E-state index contributed by atoms with van der Waals surface area (Å²) in [6, 6.07) is 6.76. The first-order valence-electron chi connectivity index (χ1n) is 5.57. The lowest BCUT2D eigenvalue weighted by Crippen LogP contribution is -2.26. The molecule has 1 aromatic rings. The number of anilines is 1. The van der Waals surface area contributed by atoms with E-state index in [0.29, 0.717) is 5.41 Å². The molecule has 0 fully saturated rings. The van der Waals surface area contributed by atoms with Crippen molar-refractivity contribution in [3.63, 3.8) is 0 Å². The second-order valence-corrected chi connectivity index (χ2v) is 4.39. The van der Waals surface area contributed by atoms with Gasteiger partial charge < -0.3 is 5.32 Å². The zero-order chi connectivity index (χ0) is 10.2. The predicted molar refractivity (Wildman–Crippen MR) is 61.9 cm³/mol. The number of hydrogen-bond acceptors (Lipinski definition) is 1. The maximum Gasteiger partial charge on any atom is 0.0379 e. The van der Waals surface area contributed by atoms with Crippen molar-refractivity contribution in [2.75, 3.05) is 11.9 Å². The molecule has 0 radical (unpaired) electrons. The maximum absolute atomic E-state index is 3.52. The third-order valence-electron chi connectivity index (χ3n) is 3.72. The number of hydrogen-bond donors (Lipinski definition) is 1. The van der Waals surface area contributed by atoms with Crippen LogP contribution in [0, 0.1) is 6.92 Å². The first kappa shape index (κ1) is 9.57. The summed E-state index contributed by atoms with van der Waals surface area (Å²) < 4.78 is 0. The zero-order valence-corrected chi connectivity index (χ0v) is 9.35. The molecule has 0 saturated heterocycles. The topological polar surface area (TPSA) is 12.0 Å². The van der Waals surface area contributed by atoms with Crippen molar-refractivity contribution in [1.82, 2.24) is 0 Å². The first-order valence-corrected chi connectivity index (χ1v) is 5.57. The molecule has 0 aromatic heterocycles. The molecule has 0 saturated carbocycles. The lowest BCUT2D eigenvalue weighted by atomic mass is 9.77. The van der Waals surface area contributed by atoms with E-state index in [4.69, 9.17) is 0 Å². The van der Waals surface area contributed by atoms with Crippen LogP contribution < -0.4 is 5.32 Å². The van der Waals surface area contributed by atoms with E-state index >= 15 is 0 Å². The van der Waals surface area contributed by atoms with Gasteiger partial charge in [-0.1, -0.05) is 31.5 Å². The Morgan fingerprint density at radius 1 is 1.29 bits per heavy atom. The minimum atomic E-state index is 0.390. The number of nitrogens with one attached hydrogen (secondary N) is 1. The van der Waals surface area contributed by atoms with Crippen LogP contribution in [0.15, 0.2) is 18.2 Å². The van der Waals surface area contributed by atoms with Crippen LogP contribution in [0.1, 0.15) is 37.8 Å². The predicted octanol–water partition coefficient (Wildman–Crippen LogP) is 3.48. The molecule has 2 rings (SSSR count). The second-order valence-electron chi connectivity index (χ2n) is 4.39. The molecule has 0 bridgehead atoms. The number of benzene rings is 1. The average molecular weight is 189 g/mol. The highest BCUT2D eigenvalue weighted by Crippen LogP contribution is 2.41. The van der Waals surface area contributed by atoms with Gasteiger partial charge in [-0.2, -0.15) is 0 Å². The van der Waals surface area contributed by atoms with E-state index in [2.05, 4.69) is 44.3 Å². The molecular formula is C13H19N. The summed E-state index contributed by atoms with van der Waals surface area (Å²) >= 11 is 0. The molecular weight excluding hydrogens is 170 g/mol. The Hall–Kier alpha value is -0.980. The molecule has 0 unspecified atom stereocenters. The Morgan fingerprint density at radius 2 is 2.00 bits per heavy atom. The van der Waals surface area contributed by atoms with E-state index in [-0.39, 0.29) is 0 Å². The Balaban J connectivity index is 2.51. The molecule has 1 N–H and O–H groups in total. The molecule has 1 heterocycles. The van der Waals surface area contributed by atoms with E-state index in [0.717, 1.165) is 6.54 Å². The summed E-state index contributed by atoms with van der Waals surface area (Å²) in [5, 5.41) is 3.52. The average Bonchev–Trinajstić information content (AvgIpc) is 2.57.